The van der Waals surface area contributed by atoms with Crippen molar-refractivity contribution in [3.8, 4) is 5.75 Å². The lowest BCUT2D eigenvalue weighted by molar-refractivity contribution is -0.385. The first-order valence-electron chi connectivity index (χ1n) is 5.81. The Kier molecular flexibility index (Phi) is 4.20. The fourth-order valence-corrected chi connectivity index (χ4v) is 2.63. The fraction of sp³-hybridized carbons (Fsp3) is 0. The molecule has 0 aliphatic rings. The van der Waals surface area contributed by atoms with Crippen LogP contribution in [0.15, 0.2) is 48.5 Å². The van der Waals surface area contributed by atoms with Crippen LogP contribution >= 0.6 is 7.60 Å². The maximum absolute atomic E-state index is 12.1. The largest absolute Gasteiger partial charge is 0.421 e. The number of hydrogen-bond donors (Lipinski definition) is 1. The van der Waals surface area contributed by atoms with Crippen LogP contribution in [-0.4, -0.2) is 14.7 Å². The molecule has 1 atom stereocenters. The maximum Gasteiger partial charge on any atom is 0.408 e. The minimum absolute atomic E-state index is 0.0326. The zero-order chi connectivity index (χ0) is 16.3. The van der Waals surface area contributed by atoms with Gasteiger partial charge in [-0.15, -0.1) is 0 Å². The van der Waals surface area contributed by atoms with Crippen LogP contribution in [0.2, 0.25) is 0 Å². The van der Waals surface area contributed by atoms with Crippen molar-refractivity contribution in [1.29, 1.82) is 0 Å². The predicted octanol–water partition coefficient (Wildman–Crippen LogP) is 2.39. The molecule has 1 N–H and O–H groups in total. The molecule has 2 aromatic carbocycles. The summed E-state index contributed by atoms with van der Waals surface area (Å²) in [5, 5.41) is 20.9. The van der Waals surface area contributed by atoms with E-state index >= 15 is 0 Å². The highest BCUT2D eigenvalue weighted by Gasteiger charge is 2.25. The molecular formula is C12H9N2O7P. The summed E-state index contributed by atoms with van der Waals surface area (Å²) in [4.78, 5) is 29.7. The number of nitro benzene ring substituents is 2. The molecule has 0 fully saturated rings. The topological polar surface area (TPSA) is 133 Å². The monoisotopic (exact) mass is 324 g/mol. The minimum atomic E-state index is -4.25. The van der Waals surface area contributed by atoms with Crippen molar-refractivity contribution in [3.05, 3.63) is 68.8 Å². The van der Waals surface area contributed by atoms with Crippen LogP contribution < -0.4 is 9.83 Å². The number of nitro groups is 2. The summed E-state index contributed by atoms with van der Waals surface area (Å²) in [6.07, 6.45) is 0. The molecule has 0 saturated carbocycles. The lowest BCUT2D eigenvalue weighted by Crippen LogP contribution is -2.09. The quantitative estimate of drug-likeness (QED) is 0.507. The third kappa shape index (κ3) is 3.46. The molecule has 9 nitrogen and oxygen atoms in total. The molecule has 0 bridgehead atoms. The molecular weight excluding hydrogens is 315 g/mol. The van der Waals surface area contributed by atoms with E-state index in [9.17, 15) is 29.7 Å². The summed E-state index contributed by atoms with van der Waals surface area (Å²) in [5.41, 5.74) is -0.408. The number of hydrogen-bond acceptors (Lipinski definition) is 6. The van der Waals surface area contributed by atoms with E-state index in [0.717, 1.165) is 36.4 Å². The molecule has 0 radical (unpaired) electrons. The van der Waals surface area contributed by atoms with Gasteiger partial charge in [-0.05, 0) is 24.3 Å². The average Bonchev–Trinajstić information content (AvgIpc) is 2.47. The Hall–Kier alpha value is -2.77. The highest BCUT2D eigenvalue weighted by Crippen LogP contribution is 2.42. The zero-order valence-electron chi connectivity index (χ0n) is 10.9. The van der Waals surface area contributed by atoms with Crippen LogP contribution in [0.3, 0.4) is 0 Å². The second-order valence-corrected chi connectivity index (χ2v) is 5.88. The van der Waals surface area contributed by atoms with E-state index < -0.39 is 17.4 Å². The Bertz CT molecular complexity index is 758. The number of non-ortho nitro benzene ring substituents is 2. The molecule has 0 amide bonds. The Labute approximate surface area is 123 Å². The van der Waals surface area contributed by atoms with Gasteiger partial charge in [-0.25, -0.2) is 4.57 Å². The summed E-state index contributed by atoms with van der Waals surface area (Å²) in [7, 11) is -4.25. The lowest BCUT2D eigenvalue weighted by Gasteiger charge is -2.13. The second-order valence-electron chi connectivity index (χ2n) is 4.14. The van der Waals surface area contributed by atoms with Crippen LogP contribution in [0.1, 0.15) is 0 Å². The molecule has 2 aromatic rings. The van der Waals surface area contributed by atoms with E-state index in [4.69, 9.17) is 4.52 Å². The molecule has 22 heavy (non-hydrogen) atoms. The summed E-state index contributed by atoms with van der Waals surface area (Å²) in [6.45, 7) is 0. The standard InChI is InChI=1S/C12H9N2O7P/c15-13(16)9-1-5-11(6-2-9)21-22(19,20)12-7-3-10(4-8-12)14(17)18/h1-8H,(H,19,20). The highest BCUT2D eigenvalue weighted by atomic mass is 31.2. The van der Waals surface area contributed by atoms with Crippen molar-refractivity contribution in [2.24, 2.45) is 0 Å². The SMILES string of the molecule is O=[N+]([O-])c1ccc(OP(=O)(O)c2ccc([N+](=O)[O-])cc2)cc1. The molecule has 10 heteroatoms. The summed E-state index contributed by atoms with van der Waals surface area (Å²) in [6, 6.07) is 9.03. The van der Waals surface area contributed by atoms with Crippen LogP contribution in [0, 0.1) is 20.2 Å². The minimum Gasteiger partial charge on any atom is -0.421 e. The first kappa shape index (κ1) is 15.6. The van der Waals surface area contributed by atoms with Gasteiger partial charge >= 0.3 is 7.60 Å². The van der Waals surface area contributed by atoms with Gasteiger partial charge < -0.3 is 9.42 Å². The molecule has 0 aliphatic carbocycles. The van der Waals surface area contributed by atoms with Crippen molar-refractivity contribution in [2.45, 2.75) is 0 Å². The summed E-state index contributed by atoms with van der Waals surface area (Å²) < 4.78 is 17.1. The van der Waals surface area contributed by atoms with Crippen molar-refractivity contribution in [1.82, 2.24) is 0 Å². The van der Waals surface area contributed by atoms with Crippen LogP contribution in [0.25, 0.3) is 0 Å². The van der Waals surface area contributed by atoms with Gasteiger partial charge in [0.1, 0.15) is 5.75 Å². The molecule has 0 aliphatic heterocycles. The van der Waals surface area contributed by atoms with E-state index in [1.54, 1.807) is 0 Å². The Morgan fingerprint density at radius 2 is 1.27 bits per heavy atom. The zero-order valence-corrected chi connectivity index (χ0v) is 11.8. The van der Waals surface area contributed by atoms with Gasteiger partial charge in [0.25, 0.3) is 11.4 Å². The molecule has 0 saturated heterocycles. The normalized spacial score (nSPS) is 13.1. The first-order valence-corrected chi connectivity index (χ1v) is 7.39. The van der Waals surface area contributed by atoms with Crippen LogP contribution in [-0.2, 0) is 4.57 Å². The average molecular weight is 324 g/mol. The first-order chi connectivity index (χ1) is 10.3. The van der Waals surface area contributed by atoms with E-state index in [0.29, 0.717) is 0 Å². The van der Waals surface area contributed by atoms with Crippen molar-refractivity contribution >= 4 is 24.3 Å². The Balaban J connectivity index is 2.21. The molecule has 1 unspecified atom stereocenters. The third-order valence-electron chi connectivity index (χ3n) is 2.66. The maximum atomic E-state index is 12.1. The molecule has 0 spiro atoms. The van der Waals surface area contributed by atoms with E-state index in [2.05, 4.69) is 0 Å². The van der Waals surface area contributed by atoms with E-state index in [1.165, 1.54) is 12.1 Å². The van der Waals surface area contributed by atoms with Gasteiger partial charge in [0.2, 0.25) is 0 Å². The van der Waals surface area contributed by atoms with Crippen molar-refractivity contribution in [3.63, 3.8) is 0 Å². The van der Waals surface area contributed by atoms with E-state index in [-0.39, 0.29) is 22.4 Å². The summed E-state index contributed by atoms with van der Waals surface area (Å²) >= 11 is 0. The van der Waals surface area contributed by atoms with Gasteiger partial charge in [-0.2, -0.15) is 0 Å². The Morgan fingerprint density at radius 3 is 1.68 bits per heavy atom. The van der Waals surface area contributed by atoms with Crippen molar-refractivity contribution < 1.29 is 23.8 Å². The number of rotatable bonds is 5. The van der Waals surface area contributed by atoms with Gasteiger partial charge in [-0.1, -0.05) is 0 Å². The third-order valence-corrected chi connectivity index (χ3v) is 4.07. The fourth-order valence-electron chi connectivity index (χ4n) is 1.59. The van der Waals surface area contributed by atoms with Gasteiger partial charge in [0.15, 0.2) is 0 Å². The predicted molar refractivity (Wildman–Crippen MR) is 76.3 cm³/mol. The smallest absolute Gasteiger partial charge is 0.408 e. The van der Waals surface area contributed by atoms with Crippen LogP contribution in [0.5, 0.6) is 5.75 Å². The molecule has 0 heterocycles. The number of nitrogens with zero attached hydrogens (tertiary/aromatic N) is 2. The van der Waals surface area contributed by atoms with Gasteiger partial charge in [0.05, 0.1) is 15.2 Å². The van der Waals surface area contributed by atoms with Crippen molar-refractivity contribution in [2.75, 3.05) is 0 Å². The molecule has 0 aromatic heterocycles. The second kappa shape index (κ2) is 5.92. The molecule has 2 rings (SSSR count). The van der Waals surface area contributed by atoms with Crippen LogP contribution in [0.4, 0.5) is 11.4 Å². The van der Waals surface area contributed by atoms with E-state index in [1.807, 2.05) is 0 Å². The van der Waals surface area contributed by atoms with Gasteiger partial charge in [0, 0.05) is 24.3 Å². The lowest BCUT2D eigenvalue weighted by atomic mass is 10.3. The highest BCUT2D eigenvalue weighted by molar-refractivity contribution is 7.61. The Morgan fingerprint density at radius 1 is 0.864 bits per heavy atom. The molecule has 114 valence electrons. The summed E-state index contributed by atoms with van der Waals surface area (Å²) in [5.74, 6) is -0.0326. The number of benzene rings is 2. The van der Waals surface area contributed by atoms with Gasteiger partial charge in [-0.3, -0.25) is 20.2 Å².